The van der Waals surface area contributed by atoms with Gasteiger partial charge in [0.25, 0.3) is 5.91 Å². The maximum absolute atomic E-state index is 13.6. The van der Waals surface area contributed by atoms with E-state index in [-0.39, 0.29) is 33.8 Å². The van der Waals surface area contributed by atoms with Crippen molar-refractivity contribution in [3.05, 3.63) is 97.3 Å². The Kier molecular flexibility index (Phi) is 5.38. The molecule has 4 aromatic rings. The fourth-order valence-electron chi connectivity index (χ4n) is 4.10. The standard InChI is InChI=1S/C25H17BrClNO5/c1-2-32-20-11-13(3-9-18(20)29)22-21-23(30)17-12-15(27)6-10-19(17)33-24(21)25(31)28(22)16-7-4-14(26)5-8-16/h3-12,22,29H,2H2,1H3. The van der Waals surface area contributed by atoms with Crippen LogP contribution in [0.5, 0.6) is 11.5 Å². The highest BCUT2D eigenvalue weighted by Crippen LogP contribution is 2.43. The van der Waals surface area contributed by atoms with Crippen molar-refractivity contribution >= 4 is 50.1 Å². The number of ether oxygens (including phenoxy) is 1. The summed E-state index contributed by atoms with van der Waals surface area (Å²) in [5, 5.41) is 10.9. The molecular weight excluding hydrogens is 510 g/mol. The minimum absolute atomic E-state index is 0.0197. The van der Waals surface area contributed by atoms with Gasteiger partial charge in [-0.3, -0.25) is 14.5 Å². The molecule has 0 spiro atoms. The number of halogens is 2. The van der Waals surface area contributed by atoms with Crippen molar-refractivity contribution in [1.82, 2.24) is 0 Å². The minimum Gasteiger partial charge on any atom is -0.504 e. The molecule has 1 unspecified atom stereocenters. The second kappa shape index (κ2) is 8.24. The van der Waals surface area contributed by atoms with Crippen molar-refractivity contribution in [3.8, 4) is 11.5 Å². The van der Waals surface area contributed by atoms with E-state index in [1.807, 2.05) is 12.1 Å². The van der Waals surface area contributed by atoms with Gasteiger partial charge >= 0.3 is 0 Å². The van der Waals surface area contributed by atoms with Crippen LogP contribution < -0.4 is 15.1 Å². The first kappa shape index (κ1) is 21.6. The molecule has 6 nitrogen and oxygen atoms in total. The molecule has 1 aliphatic heterocycles. The lowest BCUT2D eigenvalue weighted by molar-refractivity contribution is 0.0971. The zero-order valence-corrected chi connectivity index (χ0v) is 19.7. The number of rotatable bonds is 4. The summed E-state index contributed by atoms with van der Waals surface area (Å²) in [6.45, 7) is 2.15. The predicted molar refractivity (Wildman–Crippen MR) is 130 cm³/mol. The molecule has 1 aromatic heterocycles. The Morgan fingerprint density at radius 3 is 2.58 bits per heavy atom. The Morgan fingerprint density at radius 2 is 1.85 bits per heavy atom. The molecule has 0 radical (unpaired) electrons. The summed E-state index contributed by atoms with van der Waals surface area (Å²) in [6, 6.07) is 15.9. The van der Waals surface area contributed by atoms with Gasteiger partial charge in [-0.2, -0.15) is 0 Å². The summed E-state index contributed by atoms with van der Waals surface area (Å²) >= 11 is 9.54. The summed E-state index contributed by atoms with van der Waals surface area (Å²) in [5.41, 5.74) is 1.35. The Labute approximate surface area is 202 Å². The van der Waals surface area contributed by atoms with Crippen LogP contribution in [0.3, 0.4) is 0 Å². The van der Waals surface area contributed by atoms with E-state index in [4.69, 9.17) is 20.8 Å². The van der Waals surface area contributed by atoms with Crippen molar-refractivity contribution in [2.45, 2.75) is 13.0 Å². The highest BCUT2D eigenvalue weighted by molar-refractivity contribution is 9.10. The van der Waals surface area contributed by atoms with E-state index in [1.54, 1.807) is 43.3 Å². The molecule has 0 bridgehead atoms. The van der Waals surface area contributed by atoms with E-state index in [0.29, 0.717) is 28.3 Å². The van der Waals surface area contributed by atoms with Crippen LogP contribution in [-0.4, -0.2) is 17.6 Å². The fraction of sp³-hybridized carbons (Fsp3) is 0.120. The second-order valence-electron chi connectivity index (χ2n) is 7.53. The minimum atomic E-state index is -0.784. The Hall–Kier alpha value is -3.29. The second-order valence-corrected chi connectivity index (χ2v) is 8.88. The molecule has 0 saturated carbocycles. The average Bonchev–Trinajstić information content (AvgIpc) is 3.09. The largest absolute Gasteiger partial charge is 0.504 e. The van der Waals surface area contributed by atoms with Gasteiger partial charge in [-0.1, -0.05) is 33.6 Å². The molecule has 5 rings (SSSR count). The summed E-state index contributed by atoms with van der Waals surface area (Å²) in [5.74, 6) is -0.219. The Balaban J connectivity index is 1.80. The number of aromatic hydroxyl groups is 1. The van der Waals surface area contributed by atoms with Crippen LogP contribution in [0.15, 0.2) is 74.3 Å². The molecule has 1 atom stereocenters. The molecule has 0 fully saturated rings. The van der Waals surface area contributed by atoms with Crippen LogP contribution in [-0.2, 0) is 0 Å². The van der Waals surface area contributed by atoms with Crippen molar-refractivity contribution in [3.63, 3.8) is 0 Å². The third-order valence-corrected chi connectivity index (χ3v) is 6.30. The number of carbonyl (C=O) groups excluding carboxylic acids is 1. The molecule has 1 N–H and O–H groups in total. The number of phenolic OH excluding ortho intramolecular Hbond substituents is 1. The van der Waals surface area contributed by atoms with Crippen molar-refractivity contribution in [2.75, 3.05) is 11.5 Å². The monoisotopic (exact) mass is 525 g/mol. The van der Waals surface area contributed by atoms with Gasteiger partial charge in [0.2, 0.25) is 5.76 Å². The molecule has 33 heavy (non-hydrogen) atoms. The SMILES string of the molecule is CCOc1cc(C2c3c(oc4ccc(Cl)cc4c3=O)C(=O)N2c2ccc(Br)cc2)ccc1O. The lowest BCUT2D eigenvalue weighted by atomic mass is 9.97. The maximum atomic E-state index is 13.6. The first-order valence-corrected chi connectivity index (χ1v) is 11.4. The first-order valence-electron chi connectivity index (χ1n) is 10.2. The molecule has 2 heterocycles. The van der Waals surface area contributed by atoms with E-state index >= 15 is 0 Å². The number of carbonyl (C=O) groups is 1. The first-order chi connectivity index (χ1) is 15.9. The Morgan fingerprint density at radius 1 is 1.09 bits per heavy atom. The number of benzene rings is 3. The molecule has 3 aromatic carbocycles. The zero-order chi connectivity index (χ0) is 23.3. The number of hydrogen-bond acceptors (Lipinski definition) is 5. The topological polar surface area (TPSA) is 80.0 Å². The van der Waals surface area contributed by atoms with Crippen LogP contribution in [0, 0.1) is 0 Å². The predicted octanol–water partition coefficient (Wildman–Crippen LogP) is 6.06. The van der Waals surface area contributed by atoms with Gasteiger partial charge in [-0.15, -0.1) is 0 Å². The summed E-state index contributed by atoms with van der Waals surface area (Å²) in [4.78, 5) is 28.7. The normalized spacial score (nSPS) is 15.2. The smallest absolute Gasteiger partial charge is 0.295 e. The highest BCUT2D eigenvalue weighted by atomic mass is 79.9. The van der Waals surface area contributed by atoms with E-state index in [2.05, 4.69) is 15.9 Å². The molecule has 1 aliphatic rings. The molecule has 1 amide bonds. The van der Waals surface area contributed by atoms with Crippen molar-refractivity contribution in [2.24, 2.45) is 0 Å². The van der Waals surface area contributed by atoms with Crippen molar-refractivity contribution < 1.29 is 19.1 Å². The van der Waals surface area contributed by atoms with E-state index in [0.717, 1.165) is 4.47 Å². The zero-order valence-electron chi connectivity index (χ0n) is 17.3. The van der Waals surface area contributed by atoms with Gasteiger partial charge < -0.3 is 14.3 Å². The van der Waals surface area contributed by atoms with Crippen LogP contribution in [0.1, 0.15) is 34.6 Å². The van der Waals surface area contributed by atoms with E-state index in [9.17, 15) is 14.7 Å². The average molecular weight is 527 g/mol. The number of nitrogens with zero attached hydrogens (tertiary/aromatic N) is 1. The van der Waals surface area contributed by atoms with Gasteiger partial charge in [0.15, 0.2) is 16.9 Å². The van der Waals surface area contributed by atoms with Gasteiger partial charge in [0.05, 0.1) is 23.6 Å². The lowest BCUT2D eigenvalue weighted by Gasteiger charge is -2.25. The molecular formula is C25H17BrClNO5. The maximum Gasteiger partial charge on any atom is 0.295 e. The summed E-state index contributed by atoms with van der Waals surface area (Å²) in [7, 11) is 0. The van der Waals surface area contributed by atoms with Gasteiger partial charge in [-0.25, -0.2) is 0 Å². The van der Waals surface area contributed by atoms with Crippen molar-refractivity contribution in [1.29, 1.82) is 0 Å². The van der Waals surface area contributed by atoms with Crippen LogP contribution in [0.4, 0.5) is 5.69 Å². The highest BCUT2D eigenvalue weighted by Gasteiger charge is 2.44. The lowest BCUT2D eigenvalue weighted by Crippen LogP contribution is -2.29. The van der Waals surface area contributed by atoms with Gasteiger partial charge in [0, 0.05) is 15.2 Å². The number of phenols is 1. The number of anilines is 1. The van der Waals surface area contributed by atoms with E-state index < -0.39 is 11.9 Å². The van der Waals surface area contributed by atoms with Gasteiger partial charge in [-0.05, 0) is 67.1 Å². The molecule has 166 valence electrons. The van der Waals surface area contributed by atoms with Crippen LogP contribution in [0.25, 0.3) is 11.0 Å². The third-order valence-electron chi connectivity index (χ3n) is 5.54. The van der Waals surface area contributed by atoms with Crippen LogP contribution >= 0.6 is 27.5 Å². The summed E-state index contributed by atoms with van der Waals surface area (Å²) < 4.78 is 12.3. The molecule has 0 saturated heterocycles. The molecule has 8 heteroatoms. The third kappa shape index (κ3) is 3.57. The van der Waals surface area contributed by atoms with Crippen LogP contribution in [0.2, 0.25) is 5.02 Å². The van der Waals surface area contributed by atoms with E-state index in [1.165, 1.54) is 17.0 Å². The molecule has 0 aliphatic carbocycles. The van der Waals surface area contributed by atoms with Gasteiger partial charge in [0.1, 0.15) is 5.58 Å². The summed E-state index contributed by atoms with van der Waals surface area (Å²) in [6.07, 6.45) is 0. The number of amides is 1. The quantitative estimate of drug-likeness (QED) is 0.349. The number of hydrogen-bond donors (Lipinski definition) is 1. The Bertz CT molecular complexity index is 1460. The fourth-order valence-corrected chi connectivity index (χ4v) is 4.54. The number of fused-ring (bicyclic) bond motifs is 2.